The highest BCUT2D eigenvalue weighted by molar-refractivity contribution is 7.89. The summed E-state index contributed by atoms with van der Waals surface area (Å²) in [5, 5.41) is 2.48. The molecule has 2 aromatic rings. The van der Waals surface area contributed by atoms with Crippen molar-refractivity contribution >= 4 is 22.0 Å². The predicted octanol–water partition coefficient (Wildman–Crippen LogP) is 1.89. The number of rotatable bonds is 5. The molecule has 6 heteroatoms. The van der Waals surface area contributed by atoms with Gasteiger partial charge >= 0.3 is 0 Å². The Labute approximate surface area is 147 Å². The van der Waals surface area contributed by atoms with Gasteiger partial charge in [-0.1, -0.05) is 36.4 Å². The van der Waals surface area contributed by atoms with Gasteiger partial charge in [-0.15, -0.1) is 0 Å². The van der Waals surface area contributed by atoms with Crippen LogP contribution >= 0.6 is 0 Å². The van der Waals surface area contributed by atoms with Crippen molar-refractivity contribution in [3.63, 3.8) is 0 Å². The van der Waals surface area contributed by atoms with E-state index in [4.69, 9.17) is 0 Å². The maximum absolute atomic E-state index is 12.7. The lowest BCUT2D eigenvalue weighted by Gasteiger charge is -2.13. The molecule has 0 unspecified atom stereocenters. The highest BCUT2D eigenvalue weighted by Gasteiger charge is 2.26. The van der Waals surface area contributed by atoms with E-state index in [1.54, 1.807) is 30.3 Å². The van der Waals surface area contributed by atoms with Gasteiger partial charge in [-0.25, -0.2) is 13.1 Å². The van der Waals surface area contributed by atoms with Crippen molar-refractivity contribution in [2.75, 3.05) is 7.05 Å². The first-order valence-electron chi connectivity index (χ1n) is 8.07. The van der Waals surface area contributed by atoms with Crippen molar-refractivity contribution in [3.05, 3.63) is 71.3 Å². The first-order chi connectivity index (χ1) is 12.0. The summed E-state index contributed by atoms with van der Waals surface area (Å²) >= 11 is 0. The van der Waals surface area contributed by atoms with Crippen molar-refractivity contribution in [1.29, 1.82) is 0 Å². The second-order valence-electron chi connectivity index (χ2n) is 6.02. The van der Waals surface area contributed by atoms with Gasteiger partial charge in [0.05, 0.1) is 4.90 Å². The number of sulfonamides is 1. The average Bonchev–Trinajstić information content (AvgIpc) is 3.01. The zero-order chi connectivity index (χ0) is 17.9. The molecule has 0 heterocycles. The van der Waals surface area contributed by atoms with Gasteiger partial charge in [0.2, 0.25) is 15.9 Å². The molecule has 0 saturated heterocycles. The zero-order valence-corrected chi connectivity index (χ0v) is 14.7. The molecule has 1 aliphatic rings. The van der Waals surface area contributed by atoms with Gasteiger partial charge in [0, 0.05) is 19.2 Å². The van der Waals surface area contributed by atoms with Crippen molar-refractivity contribution in [1.82, 2.24) is 10.0 Å². The number of likely N-dealkylation sites (N-methyl/N-ethyl adjacent to an activating group) is 1. The highest BCUT2D eigenvalue weighted by atomic mass is 32.2. The normalized spacial score (nSPS) is 14.6. The molecule has 0 spiro atoms. The van der Waals surface area contributed by atoms with Crippen LogP contribution in [-0.4, -0.2) is 27.4 Å². The van der Waals surface area contributed by atoms with E-state index < -0.39 is 10.0 Å². The van der Waals surface area contributed by atoms with E-state index in [2.05, 4.69) is 10.0 Å². The fourth-order valence-electron chi connectivity index (χ4n) is 2.97. The van der Waals surface area contributed by atoms with Crippen molar-refractivity contribution < 1.29 is 13.2 Å². The summed E-state index contributed by atoms with van der Waals surface area (Å²) in [6.45, 7) is 0. The molecule has 0 bridgehead atoms. The van der Waals surface area contributed by atoms with Gasteiger partial charge < -0.3 is 5.32 Å². The number of carbonyl (C=O) groups excluding carboxylic acids is 1. The lowest BCUT2D eigenvalue weighted by molar-refractivity contribution is -0.115. The molecule has 25 heavy (non-hydrogen) atoms. The molecule has 1 aliphatic carbocycles. The maximum Gasteiger partial charge on any atom is 0.243 e. The number of carbonyl (C=O) groups is 1. The van der Waals surface area contributed by atoms with Crippen LogP contribution in [0.2, 0.25) is 0 Å². The average molecular weight is 356 g/mol. The van der Waals surface area contributed by atoms with Gasteiger partial charge in [0.15, 0.2) is 0 Å². The van der Waals surface area contributed by atoms with Gasteiger partial charge in [-0.2, -0.15) is 0 Å². The molecular weight excluding hydrogens is 336 g/mol. The minimum Gasteiger partial charge on any atom is -0.356 e. The molecule has 2 aromatic carbocycles. The molecule has 5 nitrogen and oxygen atoms in total. The van der Waals surface area contributed by atoms with E-state index in [0.29, 0.717) is 18.4 Å². The smallest absolute Gasteiger partial charge is 0.243 e. The molecule has 0 fully saturated rings. The molecule has 3 rings (SSSR count). The third-order valence-electron chi connectivity index (χ3n) is 4.21. The van der Waals surface area contributed by atoms with Crippen LogP contribution in [-0.2, 0) is 27.7 Å². The highest BCUT2D eigenvalue weighted by Crippen LogP contribution is 2.23. The van der Waals surface area contributed by atoms with Crippen LogP contribution in [0, 0.1) is 0 Å². The van der Waals surface area contributed by atoms with Crippen LogP contribution in [0.5, 0.6) is 0 Å². The molecule has 2 N–H and O–H groups in total. The van der Waals surface area contributed by atoms with Crippen molar-refractivity contribution in [2.24, 2.45) is 0 Å². The third kappa shape index (κ3) is 4.15. The molecule has 0 aromatic heterocycles. The molecule has 130 valence electrons. The van der Waals surface area contributed by atoms with Crippen LogP contribution in [0.4, 0.5) is 0 Å². The SMILES string of the molecule is CNC(=O)/C=C/c1cccc(S(=O)(=O)NC2Cc3ccccc3C2)c1. The summed E-state index contributed by atoms with van der Waals surface area (Å²) in [5.74, 6) is -0.241. The molecule has 0 saturated carbocycles. The Hall–Kier alpha value is -2.44. The van der Waals surface area contributed by atoms with Crippen LogP contribution in [0.25, 0.3) is 6.08 Å². The van der Waals surface area contributed by atoms with E-state index in [0.717, 1.165) is 0 Å². The van der Waals surface area contributed by atoms with E-state index in [-0.39, 0.29) is 16.8 Å². The quantitative estimate of drug-likeness (QED) is 0.804. The molecule has 0 radical (unpaired) electrons. The van der Waals surface area contributed by atoms with Gasteiger partial charge in [-0.05, 0) is 47.7 Å². The van der Waals surface area contributed by atoms with Gasteiger partial charge in [0.1, 0.15) is 0 Å². The fourth-order valence-corrected chi connectivity index (χ4v) is 4.26. The third-order valence-corrected chi connectivity index (χ3v) is 5.73. The monoisotopic (exact) mass is 356 g/mol. The van der Waals surface area contributed by atoms with Gasteiger partial charge in [0.25, 0.3) is 0 Å². The van der Waals surface area contributed by atoms with E-state index in [1.807, 2.05) is 24.3 Å². The number of hydrogen-bond acceptors (Lipinski definition) is 3. The largest absolute Gasteiger partial charge is 0.356 e. The first kappa shape index (κ1) is 17.4. The predicted molar refractivity (Wildman–Crippen MR) is 97.5 cm³/mol. The number of hydrogen-bond donors (Lipinski definition) is 2. The van der Waals surface area contributed by atoms with Gasteiger partial charge in [-0.3, -0.25) is 4.79 Å². The number of amides is 1. The second-order valence-corrected chi connectivity index (χ2v) is 7.73. The number of nitrogens with one attached hydrogen (secondary N) is 2. The Kier molecular flexibility index (Phi) is 5.01. The van der Waals surface area contributed by atoms with E-state index in [1.165, 1.54) is 24.3 Å². The zero-order valence-electron chi connectivity index (χ0n) is 13.9. The Balaban J connectivity index is 1.75. The van der Waals surface area contributed by atoms with E-state index in [9.17, 15) is 13.2 Å². The summed E-state index contributed by atoms with van der Waals surface area (Å²) in [4.78, 5) is 11.5. The van der Waals surface area contributed by atoms with Crippen LogP contribution < -0.4 is 10.0 Å². The fraction of sp³-hybridized carbons (Fsp3) is 0.211. The summed E-state index contributed by atoms with van der Waals surface area (Å²) in [6.07, 6.45) is 4.35. The molecule has 0 aliphatic heterocycles. The maximum atomic E-state index is 12.7. The topological polar surface area (TPSA) is 75.3 Å². The Bertz CT molecular complexity index is 895. The Morgan fingerprint density at radius 3 is 2.40 bits per heavy atom. The summed E-state index contributed by atoms with van der Waals surface area (Å²) < 4.78 is 28.1. The second kappa shape index (κ2) is 7.21. The van der Waals surface area contributed by atoms with Crippen molar-refractivity contribution in [3.8, 4) is 0 Å². The number of benzene rings is 2. The van der Waals surface area contributed by atoms with Crippen LogP contribution in [0.15, 0.2) is 59.5 Å². The molecule has 1 amide bonds. The van der Waals surface area contributed by atoms with Crippen LogP contribution in [0.3, 0.4) is 0 Å². The summed E-state index contributed by atoms with van der Waals surface area (Å²) in [5.41, 5.74) is 3.04. The first-order valence-corrected chi connectivity index (χ1v) is 9.55. The summed E-state index contributed by atoms with van der Waals surface area (Å²) in [7, 11) is -2.07. The van der Waals surface area contributed by atoms with Crippen LogP contribution in [0.1, 0.15) is 16.7 Å². The summed E-state index contributed by atoms with van der Waals surface area (Å²) in [6, 6.07) is 14.4. The number of fused-ring (bicyclic) bond motifs is 1. The lowest BCUT2D eigenvalue weighted by atomic mass is 10.1. The van der Waals surface area contributed by atoms with Crippen molar-refractivity contribution in [2.45, 2.75) is 23.8 Å². The Morgan fingerprint density at radius 2 is 1.76 bits per heavy atom. The molecular formula is C19H20N2O3S. The Morgan fingerprint density at radius 1 is 1.08 bits per heavy atom. The molecule has 0 atom stereocenters. The lowest BCUT2D eigenvalue weighted by Crippen LogP contribution is -2.35. The minimum absolute atomic E-state index is 0.132. The standard InChI is InChI=1S/C19H20N2O3S/c1-20-19(22)10-9-14-5-4-8-18(11-14)25(23,24)21-17-12-15-6-2-3-7-16(15)13-17/h2-11,17,21H,12-13H2,1H3,(H,20,22)/b10-9+. The minimum atomic E-state index is -3.61. The van der Waals surface area contributed by atoms with E-state index >= 15 is 0 Å².